The predicted octanol–water partition coefficient (Wildman–Crippen LogP) is 1.63. The van der Waals surface area contributed by atoms with Crippen molar-refractivity contribution in [1.29, 1.82) is 0 Å². The zero-order chi connectivity index (χ0) is 13.8. The van der Waals surface area contributed by atoms with Crippen molar-refractivity contribution in [3.63, 3.8) is 0 Å². The molecule has 2 rings (SSSR count). The molecule has 1 aliphatic rings. The molecule has 1 fully saturated rings. The Morgan fingerprint density at radius 1 is 1.63 bits per heavy atom. The third-order valence-electron chi connectivity index (χ3n) is 3.55. The van der Waals surface area contributed by atoms with Crippen molar-refractivity contribution in [3.05, 3.63) is 10.6 Å². The van der Waals surface area contributed by atoms with Crippen LogP contribution >= 0.6 is 11.3 Å². The van der Waals surface area contributed by atoms with E-state index in [1.54, 1.807) is 7.11 Å². The first-order chi connectivity index (χ1) is 9.15. The molecule has 0 N–H and O–H groups in total. The summed E-state index contributed by atoms with van der Waals surface area (Å²) in [7, 11) is 5.83. The fraction of sp³-hybridized carbons (Fsp3) is 0.692. The normalized spacial score (nSPS) is 20.5. The van der Waals surface area contributed by atoms with Gasteiger partial charge in [-0.15, -0.1) is 0 Å². The van der Waals surface area contributed by atoms with Gasteiger partial charge in [0.25, 0.3) is 0 Å². The number of aldehydes is 1. The van der Waals surface area contributed by atoms with E-state index in [0.29, 0.717) is 17.5 Å². The zero-order valence-corrected chi connectivity index (χ0v) is 12.6. The number of aromatic nitrogens is 1. The summed E-state index contributed by atoms with van der Waals surface area (Å²) in [6, 6.07) is 0.472. The van der Waals surface area contributed by atoms with E-state index in [1.165, 1.54) is 24.2 Å². The summed E-state index contributed by atoms with van der Waals surface area (Å²) in [5, 5.41) is 0.912. The molecule has 0 spiro atoms. The number of nitrogens with zero attached hydrogens (tertiary/aromatic N) is 3. The number of thiazole rings is 1. The van der Waals surface area contributed by atoms with Gasteiger partial charge in [0, 0.05) is 26.7 Å². The van der Waals surface area contributed by atoms with E-state index in [2.05, 4.69) is 28.9 Å². The molecule has 0 bridgehead atoms. The summed E-state index contributed by atoms with van der Waals surface area (Å²) in [4.78, 5) is 20.8. The van der Waals surface area contributed by atoms with Crippen LogP contribution in [0.25, 0.3) is 0 Å². The summed E-state index contributed by atoms with van der Waals surface area (Å²) in [6.07, 6.45) is 3.26. The van der Waals surface area contributed by atoms with Gasteiger partial charge in [-0.3, -0.25) is 4.79 Å². The summed E-state index contributed by atoms with van der Waals surface area (Å²) in [5.74, 6) is 0. The molecule has 1 aliphatic heterocycles. The number of likely N-dealkylation sites (tertiary alicyclic amines) is 1. The Labute approximate surface area is 118 Å². The van der Waals surface area contributed by atoms with E-state index >= 15 is 0 Å². The number of anilines is 1. The monoisotopic (exact) mass is 283 g/mol. The first kappa shape index (κ1) is 14.4. The summed E-state index contributed by atoms with van der Waals surface area (Å²) in [6.45, 7) is 2.60. The van der Waals surface area contributed by atoms with Gasteiger partial charge in [0.1, 0.15) is 0 Å². The SMILES string of the molecule is COCc1nc(N(C)C2CCCN(C)C2)sc1C=O. The van der Waals surface area contributed by atoms with Crippen LogP contribution < -0.4 is 4.90 Å². The van der Waals surface area contributed by atoms with E-state index in [-0.39, 0.29) is 0 Å². The maximum absolute atomic E-state index is 11.1. The Bertz CT molecular complexity index is 436. The van der Waals surface area contributed by atoms with Crippen LogP contribution in [0, 0.1) is 0 Å². The Hall–Kier alpha value is -0.980. The van der Waals surface area contributed by atoms with E-state index in [1.807, 2.05) is 0 Å². The van der Waals surface area contributed by atoms with Gasteiger partial charge in [0.2, 0.25) is 0 Å². The van der Waals surface area contributed by atoms with Gasteiger partial charge < -0.3 is 14.5 Å². The first-order valence-electron chi connectivity index (χ1n) is 6.51. The second-order valence-electron chi connectivity index (χ2n) is 5.03. The quantitative estimate of drug-likeness (QED) is 0.769. The minimum atomic E-state index is 0.392. The molecule has 19 heavy (non-hydrogen) atoms. The van der Waals surface area contributed by atoms with E-state index in [4.69, 9.17) is 4.74 Å². The molecular formula is C13H21N3O2S. The molecule has 106 valence electrons. The zero-order valence-electron chi connectivity index (χ0n) is 11.8. The number of hydrogen-bond donors (Lipinski definition) is 0. The van der Waals surface area contributed by atoms with Crippen molar-refractivity contribution in [3.8, 4) is 0 Å². The highest BCUT2D eigenvalue weighted by Crippen LogP contribution is 2.28. The highest BCUT2D eigenvalue weighted by atomic mass is 32.1. The van der Waals surface area contributed by atoms with E-state index in [9.17, 15) is 4.79 Å². The fourth-order valence-corrected chi connectivity index (χ4v) is 3.36. The Morgan fingerprint density at radius 2 is 2.42 bits per heavy atom. The Balaban J connectivity index is 2.13. The van der Waals surface area contributed by atoms with Gasteiger partial charge in [0.05, 0.1) is 17.2 Å². The molecule has 1 unspecified atom stereocenters. The van der Waals surface area contributed by atoms with Gasteiger partial charge in [-0.1, -0.05) is 11.3 Å². The van der Waals surface area contributed by atoms with Crippen LogP contribution in [0.4, 0.5) is 5.13 Å². The highest BCUT2D eigenvalue weighted by Gasteiger charge is 2.24. The smallest absolute Gasteiger partial charge is 0.186 e. The van der Waals surface area contributed by atoms with Crippen LogP contribution in [0.3, 0.4) is 0 Å². The van der Waals surface area contributed by atoms with Gasteiger partial charge in [-0.2, -0.15) is 0 Å². The maximum atomic E-state index is 11.1. The number of methoxy groups -OCH3 is 1. The molecule has 5 nitrogen and oxygen atoms in total. The molecule has 1 aromatic rings. The second-order valence-corrected chi connectivity index (χ2v) is 6.04. The Kier molecular flexibility index (Phi) is 4.90. The molecular weight excluding hydrogens is 262 g/mol. The van der Waals surface area contributed by atoms with Crippen LogP contribution in [0.15, 0.2) is 0 Å². The third kappa shape index (κ3) is 3.32. The summed E-state index contributed by atoms with van der Waals surface area (Å²) >= 11 is 1.45. The standard InChI is InChI=1S/C13H21N3O2S/c1-15-6-4-5-10(7-15)16(2)13-14-11(9-18-3)12(8-17)19-13/h8,10H,4-7,9H2,1-3H3. The lowest BCUT2D eigenvalue weighted by molar-refractivity contribution is 0.112. The molecule has 6 heteroatoms. The van der Waals surface area contributed by atoms with Crippen LogP contribution in [-0.2, 0) is 11.3 Å². The molecule has 0 radical (unpaired) electrons. The van der Waals surface area contributed by atoms with Crippen LogP contribution in [0.2, 0.25) is 0 Å². The van der Waals surface area contributed by atoms with E-state index in [0.717, 1.165) is 30.2 Å². The van der Waals surface area contributed by atoms with Crippen molar-refractivity contribution in [2.45, 2.75) is 25.5 Å². The molecule has 0 saturated carbocycles. The summed E-state index contributed by atoms with van der Waals surface area (Å²) < 4.78 is 5.08. The predicted molar refractivity (Wildman–Crippen MR) is 77.1 cm³/mol. The van der Waals surface area contributed by atoms with Crippen molar-refractivity contribution in [1.82, 2.24) is 9.88 Å². The van der Waals surface area contributed by atoms with Crippen molar-refractivity contribution < 1.29 is 9.53 Å². The maximum Gasteiger partial charge on any atom is 0.186 e. The van der Waals surface area contributed by atoms with Crippen LogP contribution in [0.1, 0.15) is 28.2 Å². The van der Waals surface area contributed by atoms with Gasteiger partial charge in [-0.25, -0.2) is 4.98 Å². The molecule has 0 amide bonds. The lowest BCUT2D eigenvalue weighted by Gasteiger charge is -2.35. The minimum absolute atomic E-state index is 0.392. The summed E-state index contributed by atoms with van der Waals surface area (Å²) in [5.41, 5.74) is 0.744. The van der Waals surface area contributed by atoms with Crippen molar-refractivity contribution in [2.24, 2.45) is 0 Å². The number of hydrogen-bond acceptors (Lipinski definition) is 6. The first-order valence-corrected chi connectivity index (χ1v) is 7.32. The molecule has 1 saturated heterocycles. The Morgan fingerprint density at radius 3 is 3.05 bits per heavy atom. The van der Waals surface area contributed by atoms with Gasteiger partial charge >= 0.3 is 0 Å². The van der Waals surface area contributed by atoms with Crippen LogP contribution in [0.5, 0.6) is 0 Å². The van der Waals surface area contributed by atoms with Gasteiger partial charge in [0.15, 0.2) is 11.4 Å². The van der Waals surface area contributed by atoms with E-state index < -0.39 is 0 Å². The number of ether oxygens (including phenoxy) is 1. The van der Waals surface area contributed by atoms with Crippen LogP contribution in [-0.4, -0.2) is 56.5 Å². The van der Waals surface area contributed by atoms with Gasteiger partial charge in [-0.05, 0) is 26.4 Å². The molecule has 1 atom stereocenters. The third-order valence-corrected chi connectivity index (χ3v) is 4.67. The lowest BCUT2D eigenvalue weighted by Crippen LogP contribution is -2.45. The molecule has 0 aromatic carbocycles. The lowest BCUT2D eigenvalue weighted by atomic mass is 10.1. The largest absolute Gasteiger partial charge is 0.378 e. The van der Waals surface area contributed by atoms with Crippen molar-refractivity contribution >= 4 is 22.8 Å². The average molecular weight is 283 g/mol. The number of rotatable bonds is 5. The number of likely N-dealkylation sites (N-methyl/N-ethyl adjacent to an activating group) is 2. The molecule has 0 aliphatic carbocycles. The number of carbonyl (C=O) groups is 1. The highest BCUT2D eigenvalue weighted by molar-refractivity contribution is 7.17. The fourth-order valence-electron chi connectivity index (χ4n) is 2.45. The molecule has 2 heterocycles. The second kappa shape index (κ2) is 6.45. The minimum Gasteiger partial charge on any atom is -0.378 e. The van der Waals surface area contributed by atoms with Crippen molar-refractivity contribution in [2.75, 3.05) is 39.2 Å². The molecule has 1 aromatic heterocycles. The topological polar surface area (TPSA) is 45.7 Å². The number of carbonyl (C=O) groups excluding carboxylic acids is 1. The number of piperidine rings is 1. The average Bonchev–Trinajstić information content (AvgIpc) is 2.81.